The van der Waals surface area contributed by atoms with Gasteiger partial charge in [-0.15, -0.1) is 10.2 Å². The lowest BCUT2D eigenvalue weighted by atomic mass is 10.1. The molecular weight excluding hydrogens is 356 g/mol. The number of rotatable bonds is 10. The van der Waals surface area contributed by atoms with Crippen molar-refractivity contribution in [2.24, 2.45) is 25.4 Å². The van der Waals surface area contributed by atoms with Crippen molar-refractivity contribution in [3.8, 4) is 0 Å². The highest BCUT2D eigenvalue weighted by molar-refractivity contribution is 6.69. The smallest absolute Gasteiger partial charge is 0.303 e. The Hall–Kier alpha value is -2.74. The van der Waals surface area contributed by atoms with E-state index in [9.17, 15) is 4.79 Å². The molecule has 1 atom stereocenters. The van der Waals surface area contributed by atoms with Gasteiger partial charge >= 0.3 is 5.91 Å². The van der Waals surface area contributed by atoms with E-state index >= 15 is 0 Å². The molecule has 8 heteroatoms. The molecule has 2 aliphatic heterocycles. The van der Waals surface area contributed by atoms with E-state index in [1.54, 1.807) is 0 Å². The van der Waals surface area contributed by atoms with Crippen molar-refractivity contribution in [1.29, 1.82) is 0 Å². The van der Waals surface area contributed by atoms with Gasteiger partial charge < -0.3 is 10.1 Å². The lowest BCUT2D eigenvalue weighted by Gasteiger charge is -2.20. The molecule has 0 fully saturated rings. The minimum atomic E-state index is -0.412. The first-order chi connectivity index (χ1) is 13.6. The summed E-state index contributed by atoms with van der Waals surface area (Å²) in [6.07, 6.45) is 4.20. The lowest BCUT2D eigenvalue weighted by molar-refractivity contribution is -0.111. The molecule has 1 unspecified atom stereocenters. The minimum Gasteiger partial charge on any atom is -0.360 e. The van der Waals surface area contributed by atoms with Crippen molar-refractivity contribution in [1.82, 2.24) is 0 Å². The molecule has 28 heavy (non-hydrogen) atoms. The van der Waals surface area contributed by atoms with Crippen LogP contribution < -0.4 is 5.32 Å². The van der Waals surface area contributed by atoms with Gasteiger partial charge in [0.05, 0.1) is 0 Å². The summed E-state index contributed by atoms with van der Waals surface area (Å²) < 4.78 is 5.85. The first kappa shape index (κ1) is 20.0. The van der Waals surface area contributed by atoms with E-state index in [1.807, 2.05) is 6.92 Å². The summed E-state index contributed by atoms with van der Waals surface area (Å²) in [6, 6.07) is 6.42. The molecule has 1 N–H and O–H groups in total. The van der Waals surface area contributed by atoms with E-state index in [4.69, 9.17) is 4.74 Å². The number of fused-ring (bicyclic) bond motifs is 1. The molecule has 1 aromatic carbocycles. The zero-order valence-electron chi connectivity index (χ0n) is 16.6. The summed E-state index contributed by atoms with van der Waals surface area (Å²) in [5.41, 5.74) is 3.86. The van der Waals surface area contributed by atoms with Crippen molar-refractivity contribution in [3.05, 3.63) is 29.3 Å². The van der Waals surface area contributed by atoms with Crippen molar-refractivity contribution in [3.63, 3.8) is 0 Å². The first-order valence-electron chi connectivity index (χ1n) is 9.78. The molecule has 1 amide bonds. The standard InChI is InChI=1S/C20H26N6O2/c1-4-14-12-15(11-10-13(14)3)21-17(28-5-2)9-7-6-8-16-22-19-18(20(27)23-16)24-26-25-19/h10-12,17,21H,4-9H2,1-3H3. The zero-order valence-corrected chi connectivity index (χ0v) is 16.6. The van der Waals surface area contributed by atoms with Crippen molar-refractivity contribution < 1.29 is 9.53 Å². The summed E-state index contributed by atoms with van der Waals surface area (Å²) in [5.74, 6) is 0.353. The second-order valence-electron chi connectivity index (χ2n) is 6.74. The van der Waals surface area contributed by atoms with Gasteiger partial charge in [0.15, 0.2) is 0 Å². The Bertz CT molecular complexity index is 856. The van der Waals surface area contributed by atoms with Crippen molar-refractivity contribution >= 4 is 29.0 Å². The van der Waals surface area contributed by atoms with Gasteiger partial charge in [0.25, 0.3) is 0 Å². The lowest BCUT2D eigenvalue weighted by Crippen LogP contribution is -2.25. The Morgan fingerprint density at radius 2 is 2.04 bits per heavy atom. The predicted molar refractivity (Wildman–Crippen MR) is 110 cm³/mol. The summed E-state index contributed by atoms with van der Waals surface area (Å²) in [5, 5.41) is 14.3. The number of amides is 1. The number of amidine groups is 2. The Morgan fingerprint density at radius 1 is 1.18 bits per heavy atom. The quantitative estimate of drug-likeness (QED) is 0.488. The zero-order chi connectivity index (χ0) is 19.9. The number of carbonyl (C=O) groups excluding carboxylic acids is 1. The van der Waals surface area contributed by atoms with E-state index in [2.05, 4.69) is 62.8 Å². The highest BCUT2D eigenvalue weighted by Gasteiger charge is 2.27. The number of hydrogen-bond donors (Lipinski definition) is 1. The van der Waals surface area contributed by atoms with Crippen LogP contribution in [0, 0.1) is 6.92 Å². The topological polar surface area (TPSA) is 100 Å². The van der Waals surface area contributed by atoms with Crippen LogP contribution in [-0.4, -0.2) is 36.1 Å². The molecular formula is C20H26N6O2. The number of aryl methyl sites for hydroxylation is 2. The summed E-state index contributed by atoms with van der Waals surface area (Å²) in [6.45, 7) is 6.93. The highest BCUT2D eigenvalue weighted by atomic mass is 16.5. The van der Waals surface area contributed by atoms with Gasteiger partial charge in [-0.05, 0) is 68.0 Å². The van der Waals surface area contributed by atoms with Crippen LogP contribution in [0.3, 0.4) is 0 Å². The maximum atomic E-state index is 11.8. The number of carbonyl (C=O) groups is 1. The van der Waals surface area contributed by atoms with Crippen LogP contribution in [0.4, 0.5) is 5.69 Å². The third-order valence-corrected chi connectivity index (χ3v) is 4.71. The number of ether oxygens (including phenoxy) is 1. The van der Waals surface area contributed by atoms with E-state index in [0.717, 1.165) is 31.4 Å². The van der Waals surface area contributed by atoms with Gasteiger partial charge in [0.1, 0.15) is 12.1 Å². The fourth-order valence-corrected chi connectivity index (χ4v) is 3.18. The second kappa shape index (κ2) is 9.45. The summed E-state index contributed by atoms with van der Waals surface area (Å²) >= 11 is 0. The summed E-state index contributed by atoms with van der Waals surface area (Å²) in [7, 11) is 0. The normalized spacial score (nSPS) is 16.4. The van der Waals surface area contributed by atoms with Crippen molar-refractivity contribution in [2.75, 3.05) is 11.9 Å². The largest absolute Gasteiger partial charge is 0.360 e. The average Bonchev–Trinajstić information content (AvgIpc) is 3.16. The fraction of sp³-hybridized carbons (Fsp3) is 0.500. The Kier molecular flexibility index (Phi) is 6.76. The van der Waals surface area contributed by atoms with E-state index < -0.39 is 5.91 Å². The van der Waals surface area contributed by atoms with Crippen LogP contribution in [0.5, 0.6) is 0 Å². The Morgan fingerprint density at radius 3 is 2.82 bits per heavy atom. The van der Waals surface area contributed by atoms with Crippen LogP contribution in [0.2, 0.25) is 0 Å². The number of anilines is 1. The number of benzene rings is 1. The molecule has 148 valence electrons. The van der Waals surface area contributed by atoms with Crippen LogP contribution in [0.15, 0.2) is 43.6 Å². The van der Waals surface area contributed by atoms with E-state index in [0.29, 0.717) is 18.9 Å². The third kappa shape index (κ3) is 4.95. The average molecular weight is 382 g/mol. The van der Waals surface area contributed by atoms with Gasteiger partial charge in [0, 0.05) is 18.7 Å². The molecule has 0 aliphatic carbocycles. The molecule has 0 radical (unpaired) electrons. The molecule has 0 spiro atoms. The molecule has 8 nitrogen and oxygen atoms in total. The Balaban J connectivity index is 1.50. The molecule has 0 bridgehead atoms. The third-order valence-electron chi connectivity index (χ3n) is 4.71. The highest BCUT2D eigenvalue weighted by Crippen LogP contribution is 2.19. The number of nitrogens with one attached hydrogen (secondary N) is 1. The first-order valence-corrected chi connectivity index (χ1v) is 9.78. The van der Waals surface area contributed by atoms with Crippen molar-refractivity contribution in [2.45, 2.75) is 59.1 Å². The van der Waals surface area contributed by atoms with Gasteiger partial charge in [-0.3, -0.25) is 4.79 Å². The number of nitrogens with zero attached hydrogens (tertiary/aromatic N) is 5. The number of unbranched alkanes of at least 4 members (excludes halogenated alkanes) is 1. The molecule has 0 saturated carbocycles. The molecule has 2 heterocycles. The molecule has 0 saturated heterocycles. The van der Waals surface area contributed by atoms with Gasteiger partial charge in [-0.25, -0.2) is 4.99 Å². The van der Waals surface area contributed by atoms with Crippen LogP contribution in [0.1, 0.15) is 50.7 Å². The SMILES string of the molecule is CCOC(CCCCC1=NC(=O)C2=NN=NC2=N1)Nc1ccc(C)c(CC)c1. The van der Waals surface area contributed by atoms with Crippen LogP contribution in [0.25, 0.3) is 0 Å². The van der Waals surface area contributed by atoms with E-state index in [-0.39, 0.29) is 17.8 Å². The minimum absolute atomic E-state index is 0.0546. The van der Waals surface area contributed by atoms with E-state index in [1.165, 1.54) is 11.1 Å². The molecule has 2 aliphatic rings. The van der Waals surface area contributed by atoms with Gasteiger partial charge in [-0.1, -0.05) is 13.0 Å². The Labute approximate surface area is 164 Å². The molecule has 3 rings (SSSR count). The number of aliphatic imine (C=N–C) groups is 2. The molecule has 1 aromatic rings. The summed E-state index contributed by atoms with van der Waals surface area (Å²) in [4.78, 5) is 20.1. The van der Waals surface area contributed by atoms with Crippen LogP contribution in [-0.2, 0) is 16.0 Å². The maximum Gasteiger partial charge on any atom is 0.303 e. The van der Waals surface area contributed by atoms with Crippen LogP contribution >= 0.6 is 0 Å². The maximum absolute atomic E-state index is 11.8. The monoisotopic (exact) mass is 382 g/mol. The van der Waals surface area contributed by atoms with Gasteiger partial charge in [0.2, 0.25) is 11.5 Å². The number of hydrogen-bond acceptors (Lipinski definition) is 7. The van der Waals surface area contributed by atoms with Gasteiger partial charge in [-0.2, -0.15) is 4.99 Å². The second-order valence-corrected chi connectivity index (χ2v) is 6.74. The fourth-order valence-electron chi connectivity index (χ4n) is 3.18. The molecule has 0 aromatic heterocycles. The predicted octanol–water partition coefficient (Wildman–Crippen LogP) is 4.05.